The van der Waals surface area contributed by atoms with E-state index in [0.717, 1.165) is 17.6 Å². The van der Waals surface area contributed by atoms with Gasteiger partial charge in [0, 0.05) is 5.92 Å². The molecule has 0 fully saturated rings. The molecule has 1 aromatic rings. The zero-order valence-corrected chi connectivity index (χ0v) is 8.90. The topological polar surface area (TPSA) is 20.2 Å². The summed E-state index contributed by atoms with van der Waals surface area (Å²) in [5, 5.41) is 9.71. The highest BCUT2D eigenvalue weighted by Crippen LogP contribution is 2.28. The minimum Gasteiger partial charge on any atom is -0.392 e. The molecule has 0 bridgehead atoms. The third-order valence-electron chi connectivity index (χ3n) is 2.54. The summed E-state index contributed by atoms with van der Waals surface area (Å²) in [4.78, 5) is 0. The van der Waals surface area contributed by atoms with E-state index in [1.165, 1.54) is 0 Å². The summed E-state index contributed by atoms with van der Waals surface area (Å²) in [6, 6.07) is 10.1. The van der Waals surface area contributed by atoms with Crippen LogP contribution in [-0.2, 0) is 0 Å². The Balaban J connectivity index is 2.95. The van der Waals surface area contributed by atoms with Crippen molar-refractivity contribution < 1.29 is 5.11 Å². The van der Waals surface area contributed by atoms with Crippen molar-refractivity contribution in [3.8, 4) is 0 Å². The predicted molar refractivity (Wildman–Crippen MR) is 60.3 cm³/mol. The van der Waals surface area contributed by atoms with Crippen LogP contribution >= 0.6 is 0 Å². The Kier molecular flexibility index (Phi) is 3.90. The van der Waals surface area contributed by atoms with Gasteiger partial charge < -0.3 is 5.11 Å². The minimum atomic E-state index is -0.371. The number of hydrogen-bond donors (Lipinski definition) is 1. The summed E-state index contributed by atoms with van der Waals surface area (Å²) >= 11 is 0. The van der Waals surface area contributed by atoms with Gasteiger partial charge in [-0.15, -0.1) is 0 Å². The van der Waals surface area contributed by atoms with Crippen LogP contribution in [0.15, 0.2) is 42.5 Å². The fourth-order valence-corrected chi connectivity index (χ4v) is 1.74. The van der Waals surface area contributed by atoms with Crippen molar-refractivity contribution in [2.24, 2.45) is 0 Å². The molecular weight excluding hydrogens is 172 g/mol. The van der Waals surface area contributed by atoms with Crippen molar-refractivity contribution in [3.63, 3.8) is 0 Å². The summed E-state index contributed by atoms with van der Waals surface area (Å²) in [5.74, 6) is 0.0706. The molecule has 0 radical (unpaired) electrons. The average Bonchev–Trinajstić information content (AvgIpc) is 2.19. The van der Waals surface area contributed by atoms with Gasteiger partial charge in [-0.25, -0.2) is 0 Å². The summed E-state index contributed by atoms with van der Waals surface area (Å²) in [6.45, 7) is 7.90. The second kappa shape index (κ2) is 4.97. The van der Waals surface area contributed by atoms with Gasteiger partial charge in [0.1, 0.15) is 0 Å². The Labute approximate surface area is 86.1 Å². The zero-order valence-electron chi connectivity index (χ0n) is 8.90. The van der Waals surface area contributed by atoms with Crippen LogP contribution in [0.4, 0.5) is 0 Å². The van der Waals surface area contributed by atoms with E-state index in [1.54, 1.807) is 0 Å². The van der Waals surface area contributed by atoms with Crippen LogP contribution in [0.3, 0.4) is 0 Å². The maximum Gasteiger partial charge on any atom is 0.0617 e. The lowest BCUT2D eigenvalue weighted by molar-refractivity contribution is 0.174. The average molecular weight is 190 g/mol. The second-order valence-electron chi connectivity index (χ2n) is 3.64. The first-order chi connectivity index (χ1) is 6.66. The lowest BCUT2D eigenvalue weighted by atomic mass is 9.86. The van der Waals surface area contributed by atoms with Crippen LogP contribution in [0, 0.1) is 0 Å². The Morgan fingerprint density at radius 2 is 1.93 bits per heavy atom. The molecule has 1 rings (SSSR count). The smallest absolute Gasteiger partial charge is 0.0617 e. The van der Waals surface area contributed by atoms with E-state index < -0.39 is 0 Å². The molecule has 0 spiro atoms. The molecule has 1 heteroatoms. The second-order valence-corrected chi connectivity index (χ2v) is 3.64. The number of aliphatic hydroxyl groups excluding tert-OH is 1. The monoisotopic (exact) mass is 190 g/mol. The SMILES string of the molecule is C=C(CC)C(c1ccccc1)C(C)O. The number of benzene rings is 1. The van der Waals surface area contributed by atoms with Gasteiger partial charge in [-0.3, -0.25) is 0 Å². The van der Waals surface area contributed by atoms with Gasteiger partial charge in [0.05, 0.1) is 6.10 Å². The zero-order chi connectivity index (χ0) is 10.6. The maximum absolute atomic E-state index is 9.71. The Morgan fingerprint density at radius 1 is 1.36 bits per heavy atom. The highest BCUT2D eigenvalue weighted by atomic mass is 16.3. The van der Waals surface area contributed by atoms with Crippen molar-refractivity contribution in [1.29, 1.82) is 0 Å². The van der Waals surface area contributed by atoms with Crippen molar-refractivity contribution in [2.45, 2.75) is 32.3 Å². The molecule has 0 aliphatic heterocycles. The molecule has 0 saturated carbocycles. The summed E-state index contributed by atoms with van der Waals surface area (Å²) in [7, 11) is 0. The fraction of sp³-hybridized carbons (Fsp3) is 0.385. The third kappa shape index (κ3) is 2.46. The highest BCUT2D eigenvalue weighted by Gasteiger charge is 2.18. The summed E-state index contributed by atoms with van der Waals surface area (Å²) in [5.41, 5.74) is 2.24. The number of hydrogen-bond acceptors (Lipinski definition) is 1. The van der Waals surface area contributed by atoms with Crippen LogP contribution in [0.2, 0.25) is 0 Å². The predicted octanol–water partition coefficient (Wildman–Crippen LogP) is 3.12. The highest BCUT2D eigenvalue weighted by molar-refractivity contribution is 5.28. The molecule has 2 atom stereocenters. The van der Waals surface area contributed by atoms with E-state index in [4.69, 9.17) is 0 Å². The van der Waals surface area contributed by atoms with Crippen LogP contribution < -0.4 is 0 Å². The first-order valence-corrected chi connectivity index (χ1v) is 5.07. The van der Waals surface area contributed by atoms with Crippen molar-refractivity contribution in [1.82, 2.24) is 0 Å². The lowest BCUT2D eigenvalue weighted by Crippen LogP contribution is -2.16. The largest absolute Gasteiger partial charge is 0.392 e. The van der Waals surface area contributed by atoms with Gasteiger partial charge in [-0.05, 0) is 18.9 Å². The normalized spacial score (nSPS) is 14.8. The molecule has 1 aromatic carbocycles. The Hall–Kier alpha value is -1.08. The van der Waals surface area contributed by atoms with E-state index in [2.05, 4.69) is 13.5 Å². The molecule has 1 nitrogen and oxygen atoms in total. The van der Waals surface area contributed by atoms with E-state index in [1.807, 2.05) is 37.3 Å². The molecule has 76 valence electrons. The van der Waals surface area contributed by atoms with Crippen LogP contribution in [0.25, 0.3) is 0 Å². The van der Waals surface area contributed by atoms with Gasteiger partial charge in [-0.1, -0.05) is 49.4 Å². The van der Waals surface area contributed by atoms with E-state index in [-0.39, 0.29) is 12.0 Å². The van der Waals surface area contributed by atoms with Gasteiger partial charge in [0.25, 0.3) is 0 Å². The van der Waals surface area contributed by atoms with E-state index in [9.17, 15) is 5.11 Å². The van der Waals surface area contributed by atoms with Crippen LogP contribution in [0.5, 0.6) is 0 Å². The molecule has 14 heavy (non-hydrogen) atoms. The molecule has 0 heterocycles. The Bertz CT molecular complexity index is 287. The molecular formula is C13H18O. The molecule has 0 aliphatic carbocycles. The molecule has 0 aliphatic rings. The van der Waals surface area contributed by atoms with Crippen LogP contribution in [0.1, 0.15) is 31.7 Å². The molecule has 0 amide bonds. The fourth-order valence-electron chi connectivity index (χ4n) is 1.74. The van der Waals surface area contributed by atoms with Gasteiger partial charge in [-0.2, -0.15) is 0 Å². The molecule has 1 N–H and O–H groups in total. The van der Waals surface area contributed by atoms with Gasteiger partial charge in [0.2, 0.25) is 0 Å². The summed E-state index contributed by atoms with van der Waals surface area (Å²) in [6.07, 6.45) is 0.537. The summed E-state index contributed by atoms with van der Waals surface area (Å²) < 4.78 is 0. The van der Waals surface area contributed by atoms with Crippen molar-refractivity contribution in [2.75, 3.05) is 0 Å². The van der Waals surface area contributed by atoms with Crippen molar-refractivity contribution >= 4 is 0 Å². The number of rotatable bonds is 4. The third-order valence-corrected chi connectivity index (χ3v) is 2.54. The lowest BCUT2D eigenvalue weighted by Gasteiger charge is -2.22. The number of aliphatic hydroxyl groups is 1. The van der Waals surface area contributed by atoms with Crippen molar-refractivity contribution in [3.05, 3.63) is 48.0 Å². The molecule has 0 saturated heterocycles. The van der Waals surface area contributed by atoms with E-state index in [0.29, 0.717) is 0 Å². The standard InChI is InChI=1S/C13H18O/c1-4-10(2)13(11(3)14)12-8-6-5-7-9-12/h5-9,11,13-14H,2,4H2,1,3H3. The quantitative estimate of drug-likeness (QED) is 0.723. The first-order valence-electron chi connectivity index (χ1n) is 5.07. The van der Waals surface area contributed by atoms with E-state index >= 15 is 0 Å². The maximum atomic E-state index is 9.71. The Morgan fingerprint density at radius 3 is 2.36 bits per heavy atom. The molecule has 0 aromatic heterocycles. The van der Waals surface area contributed by atoms with Gasteiger partial charge >= 0.3 is 0 Å². The first kappa shape index (κ1) is 11.0. The minimum absolute atomic E-state index is 0.0706. The molecule has 2 unspecified atom stereocenters. The van der Waals surface area contributed by atoms with Gasteiger partial charge in [0.15, 0.2) is 0 Å². The van der Waals surface area contributed by atoms with Crippen LogP contribution in [-0.4, -0.2) is 11.2 Å².